The van der Waals surface area contributed by atoms with Crippen LogP contribution in [-0.2, 0) is 16.7 Å². The molecule has 118 valence electrons. The first-order valence-corrected chi connectivity index (χ1v) is 7.44. The van der Waals surface area contributed by atoms with Crippen molar-refractivity contribution in [2.24, 2.45) is 5.73 Å². The van der Waals surface area contributed by atoms with Crippen LogP contribution in [0.1, 0.15) is 39.8 Å². The van der Waals surface area contributed by atoms with Crippen molar-refractivity contribution in [3.8, 4) is 0 Å². The fraction of sp³-hybridized carbons (Fsp3) is 0.733. The van der Waals surface area contributed by atoms with Gasteiger partial charge >= 0.3 is 6.09 Å². The Hall–Kier alpha value is -1.56. The van der Waals surface area contributed by atoms with Crippen LogP contribution in [-0.4, -0.2) is 45.8 Å². The number of hydrogen-bond acceptors (Lipinski definition) is 4. The summed E-state index contributed by atoms with van der Waals surface area (Å²) in [5, 5.41) is 0. The molecular weight excluding hydrogens is 268 g/mol. The molecule has 1 amide bonds. The normalized spacial score (nSPS) is 22.6. The second-order valence-electron chi connectivity index (χ2n) is 6.97. The van der Waals surface area contributed by atoms with Gasteiger partial charge in [0.05, 0.1) is 6.33 Å². The van der Waals surface area contributed by atoms with Crippen LogP contribution >= 0.6 is 0 Å². The largest absolute Gasteiger partial charge is 0.444 e. The fourth-order valence-corrected chi connectivity index (χ4v) is 2.79. The molecule has 21 heavy (non-hydrogen) atoms. The van der Waals surface area contributed by atoms with Gasteiger partial charge in [-0.2, -0.15) is 0 Å². The lowest BCUT2D eigenvalue weighted by Crippen LogP contribution is -2.38. The van der Waals surface area contributed by atoms with Crippen molar-refractivity contribution >= 4 is 6.09 Å². The highest BCUT2D eigenvalue weighted by Gasteiger charge is 2.40. The van der Waals surface area contributed by atoms with Gasteiger partial charge in [-0.3, -0.25) is 0 Å². The number of ether oxygens (including phenoxy) is 1. The Kier molecular flexibility index (Phi) is 4.27. The van der Waals surface area contributed by atoms with E-state index in [4.69, 9.17) is 10.5 Å². The summed E-state index contributed by atoms with van der Waals surface area (Å²) in [5.41, 5.74) is 6.22. The number of nitrogens with zero attached hydrogens (tertiary/aromatic N) is 3. The van der Waals surface area contributed by atoms with E-state index in [0.29, 0.717) is 19.6 Å². The quantitative estimate of drug-likeness (QED) is 0.921. The zero-order chi connectivity index (χ0) is 15.7. The second kappa shape index (κ2) is 5.67. The van der Waals surface area contributed by atoms with E-state index in [9.17, 15) is 4.79 Å². The van der Waals surface area contributed by atoms with Crippen molar-refractivity contribution < 1.29 is 9.53 Å². The summed E-state index contributed by atoms with van der Waals surface area (Å²) < 4.78 is 7.54. The predicted molar refractivity (Wildman–Crippen MR) is 81.1 cm³/mol. The lowest BCUT2D eigenvalue weighted by Gasteiger charge is -2.27. The number of amides is 1. The van der Waals surface area contributed by atoms with Crippen LogP contribution in [0.25, 0.3) is 0 Å². The summed E-state index contributed by atoms with van der Waals surface area (Å²) >= 11 is 0. The first kappa shape index (κ1) is 15.8. The van der Waals surface area contributed by atoms with Crippen molar-refractivity contribution in [1.29, 1.82) is 0 Å². The van der Waals surface area contributed by atoms with Gasteiger partial charge in [0.2, 0.25) is 0 Å². The molecule has 0 spiro atoms. The standard InChI is InChI=1S/C15H26N4O2/c1-14(2,3)21-13(20)18-7-5-15(4,10-18)12-9-17-11-19(12)8-6-16/h9,11H,5-8,10,16H2,1-4H3. The lowest BCUT2D eigenvalue weighted by atomic mass is 9.86. The molecule has 1 atom stereocenters. The average molecular weight is 294 g/mol. The Balaban J connectivity index is 2.09. The van der Waals surface area contributed by atoms with Crippen LogP contribution in [0.15, 0.2) is 12.5 Å². The van der Waals surface area contributed by atoms with Crippen molar-refractivity contribution in [3.05, 3.63) is 18.2 Å². The summed E-state index contributed by atoms with van der Waals surface area (Å²) in [7, 11) is 0. The van der Waals surface area contributed by atoms with Crippen LogP contribution in [0.5, 0.6) is 0 Å². The summed E-state index contributed by atoms with van der Waals surface area (Å²) in [6.45, 7) is 10.5. The summed E-state index contributed by atoms with van der Waals surface area (Å²) in [5.74, 6) is 0. The molecule has 0 saturated carbocycles. The molecule has 1 unspecified atom stereocenters. The molecule has 1 aliphatic rings. The zero-order valence-corrected chi connectivity index (χ0v) is 13.4. The lowest BCUT2D eigenvalue weighted by molar-refractivity contribution is 0.0285. The van der Waals surface area contributed by atoms with Gasteiger partial charge in [-0.25, -0.2) is 9.78 Å². The molecule has 2 rings (SSSR count). The molecule has 2 N–H and O–H groups in total. The maximum absolute atomic E-state index is 12.2. The van der Waals surface area contributed by atoms with Gasteiger partial charge in [0, 0.05) is 43.5 Å². The molecule has 0 aliphatic carbocycles. The number of imidazole rings is 1. The van der Waals surface area contributed by atoms with E-state index in [-0.39, 0.29) is 11.5 Å². The third-order valence-electron chi connectivity index (χ3n) is 3.83. The number of nitrogens with two attached hydrogens (primary N) is 1. The van der Waals surface area contributed by atoms with E-state index in [1.165, 1.54) is 0 Å². The molecule has 0 bridgehead atoms. The highest BCUT2D eigenvalue weighted by atomic mass is 16.6. The second-order valence-corrected chi connectivity index (χ2v) is 6.97. The van der Waals surface area contributed by atoms with Crippen molar-refractivity contribution in [3.63, 3.8) is 0 Å². The van der Waals surface area contributed by atoms with Gasteiger partial charge in [0.1, 0.15) is 5.60 Å². The van der Waals surface area contributed by atoms with E-state index in [0.717, 1.165) is 18.7 Å². The molecule has 1 fully saturated rings. The number of hydrogen-bond donors (Lipinski definition) is 1. The van der Waals surface area contributed by atoms with E-state index in [1.807, 2.05) is 33.3 Å². The Labute approximate surface area is 126 Å². The maximum Gasteiger partial charge on any atom is 0.410 e. The van der Waals surface area contributed by atoms with Gasteiger partial charge in [-0.05, 0) is 27.2 Å². The highest BCUT2D eigenvalue weighted by Crippen LogP contribution is 2.34. The Morgan fingerprint density at radius 2 is 2.24 bits per heavy atom. The predicted octanol–water partition coefficient (Wildman–Crippen LogP) is 1.74. The van der Waals surface area contributed by atoms with E-state index < -0.39 is 5.60 Å². The molecule has 1 saturated heterocycles. The molecular formula is C15H26N4O2. The molecule has 1 aliphatic heterocycles. The van der Waals surface area contributed by atoms with Crippen LogP contribution < -0.4 is 5.73 Å². The molecule has 2 heterocycles. The summed E-state index contributed by atoms with van der Waals surface area (Å²) in [6, 6.07) is 0. The van der Waals surface area contributed by atoms with Crippen molar-refractivity contribution in [2.75, 3.05) is 19.6 Å². The number of aromatic nitrogens is 2. The minimum Gasteiger partial charge on any atom is -0.444 e. The number of carbonyl (C=O) groups is 1. The number of carbonyl (C=O) groups excluding carboxylic acids is 1. The third kappa shape index (κ3) is 3.56. The van der Waals surface area contributed by atoms with Gasteiger partial charge in [0.25, 0.3) is 0 Å². The van der Waals surface area contributed by atoms with Crippen molar-refractivity contribution in [1.82, 2.24) is 14.5 Å². The number of rotatable bonds is 3. The Morgan fingerprint density at radius 3 is 2.86 bits per heavy atom. The first-order chi connectivity index (χ1) is 9.75. The molecule has 6 heteroatoms. The van der Waals surface area contributed by atoms with Gasteiger partial charge < -0.3 is 19.9 Å². The fourth-order valence-electron chi connectivity index (χ4n) is 2.79. The van der Waals surface area contributed by atoms with Crippen LogP contribution in [0.3, 0.4) is 0 Å². The van der Waals surface area contributed by atoms with Gasteiger partial charge in [-0.15, -0.1) is 0 Å². The summed E-state index contributed by atoms with van der Waals surface area (Å²) in [6.07, 6.45) is 4.36. The average Bonchev–Trinajstić information content (AvgIpc) is 2.95. The zero-order valence-electron chi connectivity index (χ0n) is 13.4. The third-order valence-corrected chi connectivity index (χ3v) is 3.83. The van der Waals surface area contributed by atoms with E-state index >= 15 is 0 Å². The molecule has 0 aromatic carbocycles. The monoisotopic (exact) mass is 294 g/mol. The Bertz CT molecular complexity index is 506. The molecule has 1 aromatic rings. The topological polar surface area (TPSA) is 73.4 Å². The van der Waals surface area contributed by atoms with Crippen molar-refractivity contribution in [2.45, 2.75) is 51.7 Å². The van der Waals surface area contributed by atoms with Crippen LogP contribution in [0.2, 0.25) is 0 Å². The maximum atomic E-state index is 12.2. The SMILES string of the molecule is CC(C)(C)OC(=O)N1CCC(C)(c2cncn2CCN)C1. The van der Waals surface area contributed by atoms with E-state index in [2.05, 4.69) is 16.5 Å². The minimum absolute atomic E-state index is 0.0947. The van der Waals surface area contributed by atoms with Crippen LogP contribution in [0.4, 0.5) is 4.79 Å². The number of likely N-dealkylation sites (tertiary alicyclic amines) is 1. The smallest absolute Gasteiger partial charge is 0.410 e. The summed E-state index contributed by atoms with van der Waals surface area (Å²) in [4.78, 5) is 18.2. The van der Waals surface area contributed by atoms with Gasteiger partial charge in [-0.1, -0.05) is 6.92 Å². The molecule has 0 radical (unpaired) electrons. The highest BCUT2D eigenvalue weighted by molar-refractivity contribution is 5.68. The van der Waals surface area contributed by atoms with E-state index in [1.54, 1.807) is 4.90 Å². The van der Waals surface area contributed by atoms with Crippen LogP contribution in [0, 0.1) is 0 Å². The molecule has 6 nitrogen and oxygen atoms in total. The first-order valence-electron chi connectivity index (χ1n) is 7.44. The Morgan fingerprint density at radius 1 is 1.52 bits per heavy atom. The molecule has 1 aromatic heterocycles. The van der Waals surface area contributed by atoms with Gasteiger partial charge in [0.15, 0.2) is 0 Å². The minimum atomic E-state index is -0.461.